The number of nitrogens with zero attached hydrogens (tertiary/aromatic N) is 3. The lowest BCUT2D eigenvalue weighted by Gasteiger charge is -2.45. The smallest absolute Gasteiger partial charge is 0.262 e. The monoisotopic (exact) mass is 600 g/mol. The number of ether oxygens (including phenoxy) is 1. The average molecular weight is 602 g/mol. The second-order valence-electron chi connectivity index (χ2n) is 11.9. The minimum absolute atomic E-state index is 0.0483. The summed E-state index contributed by atoms with van der Waals surface area (Å²) >= 11 is 14.1. The predicted molar refractivity (Wildman–Crippen MR) is 166 cm³/mol. The lowest BCUT2D eigenvalue weighted by Crippen LogP contribution is -2.58. The Morgan fingerprint density at radius 1 is 1.10 bits per heavy atom. The number of amides is 1. The average Bonchev–Trinajstić information content (AvgIpc) is 3.38. The molecule has 0 radical (unpaired) electrons. The second-order valence-corrected chi connectivity index (χ2v) is 13.7. The molecule has 1 saturated heterocycles. The van der Waals surface area contributed by atoms with E-state index in [1.54, 1.807) is 0 Å². The van der Waals surface area contributed by atoms with Crippen LogP contribution in [-0.4, -0.2) is 60.3 Å². The first kappa shape index (κ1) is 29.5. The van der Waals surface area contributed by atoms with Crippen LogP contribution in [0.25, 0.3) is 0 Å². The van der Waals surface area contributed by atoms with E-state index in [1.807, 2.05) is 36.2 Å². The summed E-state index contributed by atoms with van der Waals surface area (Å²) in [6.45, 7) is 13.4. The molecule has 2 aromatic rings. The maximum absolute atomic E-state index is 14.4. The molecule has 0 aromatic heterocycles. The third-order valence-corrected chi connectivity index (χ3v) is 9.69. The molecule has 214 valence electrons. The van der Waals surface area contributed by atoms with Gasteiger partial charge in [0.2, 0.25) is 0 Å². The lowest BCUT2D eigenvalue weighted by atomic mass is 9.81. The van der Waals surface area contributed by atoms with Crippen molar-refractivity contribution < 1.29 is 9.53 Å². The summed E-state index contributed by atoms with van der Waals surface area (Å²) in [5.74, 6) is 0.167. The number of allylic oxidation sites excluding steroid dienone is 1. The Morgan fingerprint density at radius 2 is 1.70 bits per heavy atom. The molecule has 3 aliphatic heterocycles. The highest BCUT2D eigenvalue weighted by Gasteiger charge is 2.54. The van der Waals surface area contributed by atoms with Crippen LogP contribution in [0.2, 0.25) is 10.0 Å². The van der Waals surface area contributed by atoms with Crippen LogP contribution in [0, 0.1) is 11.3 Å². The zero-order valence-electron chi connectivity index (χ0n) is 24.0. The fraction of sp³-hybridized carbons (Fsp3) is 0.484. The standard InChI is InChI=1S/C31H38Cl2N4O2S/c1-19(2)25-26(28(38)36(20(3)4)16-31(15-34-6)17-39-18-31)40-29-35-30(5,22-9-13-24(33)14-10-22)27(37(25)29)21-7-11-23(32)12-8-21/h7-14,19-20,27,34H,15-18H2,1-6H3/t27-,30+/m1/s1. The van der Waals surface area contributed by atoms with E-state index in [0.29, 0.717) is 29.8 Å². The van der Waals surface area contributed by atoms with Crippen LogP contribution in [0.4, 0.5) is 0 Å². The fourth-order valence-electron chi connectivity index (χ4n) is 6.06. The molecule has 3 heterocycles. The number of amidine groups is 1. The highest BCUT2D eigenvalue weighted by molar-refractivity contribution is 8.18. The van der Waals surface area contributed by atoms with E-state index in [4.69, 9.17) is 32.9 Å². The molecule has 40 heavy (non-hydrogen) atoms. The zero-order valence-corrected chi connectivity index (χ0v) is 26.3. The SMILES string of the molecule is CNCC1(CN(C(=O)C2=C(C(C)C)N3C(=N[C@@](C)(c4ccc(Cl)cc4)[C@H]3c3ccc(Cl)cc3)S2)C(C)C)COC1. The quantitative estimate of drug-likeness (QED) is 0.347. The Kier molecular flexibility index (Phi) is 8.35. The third kappa shape index (κ3) is 5.20. The van der Waals surface area contributed by atoms with Gasteiger partial charge in [-0.1, -0.05) is 61.3 Å². The van der Waals surface area contributed by atoms with Crippen molar-refractivity contribution in [3.05, 3.63) is 80.3 Å². The zero-order chi connectivity index (χ0) is 28.8. The number of halogens is 2. The van der Waals surface area contributed by atoms with Gasteiger partial charge in [-0.15, -0.1) is 0 Å². The Balaban J connectivity index is 1.58. The lowest BCUT2D eigenvalue weighted by molar-refractivity contribution is -0.146. The van der Waals surface area contributed by atoms with Crippen LogP contribution in [-0.2, 0) is 15.1 Å². The number of fused-ring (bicyclic) bond motifs is 1. The topological polar surface area (TPSA) is 57.2 Å². The molecule has 6 nitrogen and oxygen atoms in total. The summed E-state index contributed by atoms with van der Waals surface area (Å²) in [6, 6.07) is 15.8. The van der Waals surface area contributed by atoms with Gasteiger partial charge in [0.15, 0.2) is 5.17 Å². The van der Waals surface area contributed by atoms with Gasteiger partial charge in [-0.2, -0.15) is 0 Å². The molecular weight excluding hydrogens is 563 g/mol. The first-order valence-corrected chi connectivity index (χ1v) is 15.4. The van der Waals surface area contributed by atoms with Crippen molar-refractivity contribution in [3.8, 4) is 0 Å². The number of rotatable bonds is 9. The van der Waals surface area contributed by atoms with E-state index in [2.05, 4.69) is 69.1 Å². The van der Waals surface area contributed by atoms with E-state index in [-0.39, 0.29) is 29.3 Å². The Labute approximate surface area is 252 Å². The van der Waals surface area contributed by atoms with E-state index in [1.165, 1.54) is 11.8 Å². The molecular formula is C31H38Cl2N4O2S. The molecule has 2 atom stereocenters. The van der Waals surface area contributed by atoms with Crippen LogP contribution in [0.15, 0.2) is 64.1 Å². The Morgan fingerprint density at radius 3 is 2.20 bits per heavy atom. The van der Waals surface area contributed by atoms with Gasteiger partial charge in [0.1, 0.15) is 10.4 Å². The summed E-state index contributed by atoms with van der Waals surface area (Å²) in [5, 5.41) is 5.52. The van der Waals surface area contributed by atoms with Gasteiger partial charge in [0, 0.05) is 40.3 Å². The summed E-state index contributed by atoms with van der Waals surface area (Å²) in [5.41, 5.74) is 2.52. The molecule has 0 unspecified atom stereocenters. The molecule has 1 N–H and O–H groups in total. The molecule has 0 bridgehead atoms. The maximum Gasteiger partial charge on any atom is 0.262 e. The van der Waals surface area contributed by atoms with Crippen molar-refractivity contribution in [2.75, 3.05) is 33.4 Å². The van der Waals surface area contributed by atoms with Crippen LogP contribution in [0.5, 0.6) is 0 Å². The number of aliphatic imine (C=N–C) groups is 1. The second kappa shape index (κ2) is 11.3. The van der Waals surface area contributed by atoms with Crippen LogP contribution >= 0.6 is 35.0 Å². The molecule has 1 amide bonds. The van der Waals surface area contributed by atoms with Gasteiger partial charge in [-0.25, -0.2) is 4.99 Å². The summed E-state index contributed by atoms with van der Waals surface area (Å²) in [4.78, 5) is 24.8. The van der Waals surface area contributed by atoms with Crippen molar-refractivity contribution in [2.24, 2.45) is 16.3 Å². The summed E-state index contributed by atoms with van der Waals surface area (Å²) in [6.07, 6.45) is 0. The Bertz CT molecular complexity index is 1320. The number of carbonyl (C=O) groups excluding carboxylic acids is 1. The van der Waals surface area contributed by atoms with Gasteiger partial charge in [-0.05, 0) is 80.9 Å². The predicted octanol–water partition coefficient (Wildman–Crippen LogP) is 6.71. The maximum atomic E-state index is 14.4. The van der Waals surface area contributed by atoms with E-state index in [9.17, 15) is 4.79 Å². The van der Waals surface area contributed by atoms with Crippen molar-refractivity contribution in [1.82, 2.24) is 15.1 Å². The molecule has 0 saturated carbocycles. The van der Waals surface area contributed by atoms with Gasteiger partial charge in [-0.3, -0.25) is 4.79 Å². The molecule has 0 aliphatic carbocycles. The number of benzene rings is 2. The molecule has 9 heteroatoms. The van der Waals surface area contributed by atoms with Crippen molar-refractivity contribution in [2.45, 2.75) is 52.2 Å². The third-order valence-electron chi connectivity index (χ3n) is 8.12. The molecule has 2 aromatic carbocycles. The molecule has 5 rings (SSSR count). The number of hydrogen-bond donors (Lipinski definition) is 1. The first-order chi connectivity index (χ1) is 19.0. The van der Waals surface area contributed by atoms with Crippen molar-refractivity contribution >= 4 is 46.0 Å². The van der Waals surface area contributed by atoms with Gasteiger partial charge < -0.3 is 19.9 Å². The van der Waals surface area contributed by atoms with E-state index >= 15 is 0 Å². The summed E-state index contributed by atoms with van der Waals surface area (Å²) < 4.78 is 5.60. The van der Waals surface area contributed by atoms with Crippen LogP contribution in [0.1, 0.15) is 51.8 Å². The number of nitrogens with one attached hydrogen (secondary N) is 1. The van der Waals surface area contributed by atoms with Gasteiger partial charge in [0.05, 0.1) is 19.3 Å². The largest absolute Gasteiger partial charge is 0.380 e. The van der Waals surface area contributed by atoms with E-state index < -0.39 is 5.54 Å². The minimum atomic E-state index is -0.590. The Hall–Kier alpha value is -2.03. The van der Waals surface area contributed by atoms with Crippen LogP contribution in [0.3, 0.4) is 0 Å². The van der Waals surface area contributed by atoms with Gasteiger partial charge >= 0.3 is 0 Å². The van der Waals surface area contributed by atoms with Crippen molar-refractivity contribution in [3.63, 3.8) is 0 Å². The van der Waals surface area contributed by atoms with Gasteiger partial charge in [0.25, 0.3) is 5.91 Å². The minimum Gasteiger partial charge on any atom is -0.380 e. The first-order valence-electron chi connectivity index (χ1n) is 13.9. The summed E-state index contributed by atoms with van der Waals surface area (Å²) in [7, 11) is 1.95. The van der Waals surface area contributed by atoms with Crippen molar-refractivity contribution in [1.29, 1.82) is 0 Å². The normalized spacial score (nSPS) is 23.5. The van der Waals surface area contributed by atoms with Crippen LogP contribution < -0.4 is 5.32 Å². The molecule has 1 fully saturated rings. The van der Waals surface area contributed by atoms with E-state index in [0.717, 1.165) is 33.4 Å². The number of thioether (sulfide) groups is 1. The highest BCUT2D eigenvalue weighted by Crippen LogP contribution is 2.56. The highest BCUT2D eigenvalue weighted by atomic mass is 35.5. The number of carbonyl (C=O) groups is 1. The fourth-order valence-corrected chi connectivity index (χ4v) is 7.68. The molecule has 3 aliphatic rings. The number of hydrogen-bond acceptors (Lipinski definition) is 6. The molecule has 0 spiro atoms.